The van der Waals surface area contributed by atoms with E-state index in [1.807, 2.05) is 7.05 Å². The van der Waals surface area contributed by atoms with Crippen LogP contribution in [-0.4, -0.2) is 37.6 Å². The van der Waals surface area contributed by atoms with Crippen LogP contribution in [0, 0.1) is 17.8 Å². The second kappa shape index (κ2) is 2.46. The molecule has 0 aromatic carbocycles. The van der Waals surface area contributed by atoms with Crippen LogP contribution in [0.4, 0.5) is 0 Å². The molecule has 0 radical (unpaired) electrons. The molecule has 0 aromatic heterocycles. The lowest BCUT2D eigenvalue weighted by molar-refractivity contribution is -0.146. The van der Waals surface area contributed by atoms with Crippen LogP contribution in [0.1, 0.15) is 6.92 Å². The zero-order valence-electron chi connectivity index (χ0n) is 7.78. The minimum atomic E-state index is -0.0608. The van der Waals surface area contributed by atoms with E-state index in [0.717, 1.165) is 18.4 Å². The number of likely N-dealkylation sites (N-methyl/N-ethyl adjacent to an activating group) is 1. The predicted octanol–water partition coefficient (Wildman–Crippen LogP) is 0.355. The largest absolute Gasteiger partial charge is 0.468 e. The number of likely N-dealkylation sites (tertiary alicyclic amines) is 1. The van der Waals surface area contributed by atoms with Gasteiger partial charge in [-0.05, 0) is 24.8 Å². The van der Waals surface area contributed by atoms with Gasteiger partial charge in [0.1, 0.15) is 6.04 Å². The monoisotopic (exact) mass is 169 g/mol. The van der Waals surface area contributed by atoms with Gasteiger partial charge in [-0.3, -0.25) is 9.69 Å². The van der Waals surface area contributed by atoms with E-state index in [2.05, 4.69) is 11.8 Å². The van der Waals surface area contributed by atoms with E-state index < -0.39 is 0 Å². The average Bonchev–Trinajstić information content (AvgIpc) is 2.52. The van der Waals surface area contributed by atoms with E-state index >= 15 is 0 Å². The van der Waals surface area contributed by atoms with Gasteiger partial charge in [-0.15, -0.1) is 0 Å². The van der Waals surface area contributed by atoms with Crippen LogP contribution in [0.25, 0.3) is 0 Å². The molecule has 0 N–H and O–H groups in total. The summed E-state index contributed by atoms with van der Waals surface area (Å²) < 4.78 is 4.77. The summed E-state index contributed by atoms with van der Waals surface area (Å²) in [7, 11) is 3.47. The van der Waals surface area contributed by atoms with Crippen molar-refractivity contribution in [3.8, 4) is 0 Å². The van der Waals surface area contributed by atoms with Crippen LogP contribution in [0.2, 0.25) is 0 Å². The van der Waals surface area contributed by atoms with Gasteiger partial charge in [0.05, 0.1) is 7.11 Å². The highest BCUT2D eigenvalue weighted by Crippen LogP contribution is 2.54. The number of hydrogen-bond donors (Lipinski definition) is 0. The first-order valence-electron chi connectivity index (χ1n) is 4.45. The summed E-state index contributed by atoms with van der Waals surface area (Å²) in [4.78, 5) is 13.5. The molecule has 4 unspecified atom stereocenters. The summed E-state index contributed by atoms with van der Waals surface area (Å²) in [5.74, 6) is 1.99. The quantitative estimate of drug-likeness (QED) is 0.531. The molecule has 0 amide bonds. The number of nitrogens with zero attached hydrogens (tertiary/aromatic N) is 1. The van der Waals surface area contributed by atoms with Crippen molar-refractivity contribution in [1.82, 2.24) is 4.90 Å². The summed E-state index contributed by atoms with van der Waals surface area (Å²) in [5.41, 5.74) is 0. The van der Waals surface area contributed by atoms with Crippen molar-refractivity contribution >= 4 is 5.97 Å². The Kier molecular flexibility index (Phi) is 1.65. The third kappa shape index (κ3) is 0.891. The predicted molar refractivity (Wildman–Crippen MR) is 44.6 cm³/mol. The fourth-order valence-corrected chi connectivity index (χ4v) is 2.59. The number of hydrogen-bond acceptors (Lipinski definition) is 3. The second-order valence-electron chi connectivity index (χ2n) is 4.01. The van der Waals surface area contributed by atoms with Gasteiger partial charge in [-0.2, -0.15) is 0 Å². The molecule has 2 aliphatic rings. The summed E-state index contributed by atoms with van der Waals surface area (Å²) in [6.45, 7) is 3.28. The van der Waals surface area contributed by atoms with E-state index in [4.69, 9.17) is 4.74 Å². The Balaban J connectivity index is 2.09. The molecule has 0 aromatic rings. The first-order valence-corrected chi connectivity index (χ1v) is 4.45. The average molecular weight is 169 g/mol. The molecule has 12 heavy (non-hydrogen) atoms. The number of esters is 1. The molecule has 3 nitrogen and oxygen atoms in total. The molecule has 2 fully saturated rings. The number of carbonyl (C=O) groups excluding carboxylic acids is 1. The smallest absolute Gasteiger partial charge is 0.323 e. The van der Waals surface area contributed by atoms with E-state index in [0.29, 0.717) is 5.92 Å². The fourth-order valence-electron chi connectivity index (χ4n) is 2.59. The van der Waals surface area contributed by atoms with Crippen molar-refractivity contribution in [1.29, 1.82) is 0 Å². The molecule has 1 aliphatic carbocycles. The normalized spacial score (nSPS) is 45.6. The number of fused-ring (bicyclic) bond motifs is 1. The van der Waals surface area contributed by atoms with Gasteiger partial charge in [0.15, 0.2) is 0 Å². The third-order valence-electron chi connectivity index (χ3n) is 3.42. The van der Waals surface area contributed by atoms with Crippen molar-refractivity contribution in [3.63, 3.8) is 0 Å². The summed E-state index contributed by atoms with van der Waals surface area (Å²) in [6, 6.07) is 0.0370. The van der Waals surface area contributed by atoms with Crippen LogP contribution in [-0.2, 0) is 9.53 Å². The Morgan fingerprint density at radius 1 is 1.58 bits per heavy atom. The van der Waals surface area contributed by atoms with Crippen molar-refractivity contribution in [2.75, 3.05) is 20.7 Å². The standard InChI is InChI=1S/C9H15NO2/c1-5-6-4-10(2)8(7(5)6)9(11)12-3/h5-8H,4H2,1-3H3. The number of rotatable bonds is 1. The topological polar surface area (TPSA) is 29.5 Å². The molecule has 0 spiro atoms. The molecular weight excluding hydrogens is 154 g/mol. The van der Waals surface area contributed by atoms with Gasteiger partial charge in [0.2, 0.25) is 0 Å². The first kappa shape index (κ1) is 8.05. The molecule has 1 saturated carbocycles. The van der Waals surface area contributed by atoms with Crippen molar-refractivity contribution < 1.29 is 9.53 Å². The van der Waals surface area contributed by atoms with Gasteiger partial charge >= 0.3 is 5.97 Å². The molecule has 1 saturated heterocycles. The van der Waals surface area contributed by atoms with Gasteiger partial charge < -0.3 is 4.74 Å². The van der Waals surface area contributed by atoms with Gasteiger partial charge in [-0.1, -0.05) is 6.92 Å². The minimum Gasteiger partial charge on any atom is -0.468 e. The van der Waals surface area contributed by atoms with Gasteiger partial charge in [0, 0.05) is 6.54 Å². The summed E-state index contributed by atoms with van der Waals surface area (Å²) in [6.07, 6.45) is 0. The molecule has 4 atom stereocenters. The Morgan fingerprint density at radius 2 is 2.25 bits per heavy atom. The Hall–Kier alpha value is -0.570. The zero-order valence-corrected chi connectivity index (χ0v) is 7.78. The first-order chi connectivity index (χ1) is 5.66. The fraction of sp³-hybridized carbons (Fsp3) is 0.889. The number of methoxy groups -OCH3 is 1. The Morgan fingerprint density at radius 3 is 2.75 bits per heavy atom. The lowest BCUT2D eigenvalue weighted by Crippen LogP contribution is -2.38. The van der Waals surface area contributed by atoms with E-state index in [-0.39, 0.29) is 12.0 Å². The molecule has 0 bridgehead atoms. The molecule has 68 valence electrons. The van der Waals surface area contributed by atoms with Crippen LogP contribution in [0.5, 0.6) is 0 Å². The number of piperidine rings is 1. The van der Waals surface area contributed by atoms with E-state index in [1.54, 1.807) is 0 Å². The van der Waals surface area contributed by atoms with E-state index in [9.17, 15) is 4.79 Å². The molecular formula is C9H15NO2. The number of carbonyl (C=O) groups is 1. The van der Waals surface area contributed by atoms with E-state index in [1.165, 1.54) is 7.11 Å². The van der Waals surface area contributed by atoms with Crippen LogP contribution >= 0.6 is 0 Å². The third-order valence-corrected chi connectivity index (χ3v) is 3.42. The highest BCUT2D eigenvalue weighted by atomic mass is 16.5. The SMILES string of the molecule is COC(=O)C1C2C(C)C2CN1C. The maximum Gasteiger partial charge on any atom is 0.323 e. The molecule has 1 aliphatic heterocycles. The van der Waals surface area contributed by atoms with Gasteiger partial charge in [0.25, 0.3) is 0 Å². The number of ether oxygens (including phenoxy) is 1. The maximum absolute atomic E-state index is 11.3. The van der Waals surface area contributed by atoms with Crippen molar-refractivity contribution in [2.24, 2.45) is 17.8 Å². The molecule has 1 heterocycles. The Bertz CT molecular complexity index is 217. The lowest BCUT2D eigenvalue weighted by Gasteiger charge is -2.21. The van der Waals surface area contributed by atoms with Crippen molar-refractivity contribution in [3.05, 3.63) is 0 Å². The van der Waals surface area contributed by atoms with Crippen LogP contribution in [0.3, 0.4) is 0 Å². The molecule has 3 heteroatoms. The zero-order chi connectivity index (χ0) is 8.88. The minimum absolute atomic E-state index is 0.0370. The maximum atomic E-state index is 11.3. The highest BCUT2D eigenvalue weighted by Gasteiger charge is 2.60. The van der Waals surface area contributed by atoms with Crippen LogP contribution in [0.15, 0.2) is 0 Å². The highest BCUT2D eigenvalue weighted by molar-refractivity contribution is 5.77. The molecule has 2 rings (SSSR count). The van der Waals surface area contributed by atoms with Crippen LogP contribution < -0.4 is 0 Å². The van der Waals surface area contributed by atoms with Gasteiger partial charge in [-0.25, -0.2) is 0 Å². The Labute approximate surface area is 72.7 Å². The summed E-state index contributed by atoms with van der Waals surface area (Å²) in [5, 5.41) is 0. The second-order valence-corrected chi connectivity index (χ2v) is 4.01. The lowest BCUT2D eigenvalue weighted by atomic mass is 10.1. The van der Waals surface area contributed by atoms with Crippen molar-refractivity contribution in [2.45, 2.75) is 13.0 Å². The summed E-state index contributed by atoms with van der Waals surface area (Å²) >= 11 is 0.